The molecule has 0 saturated carbocycles. The van der Waals surface area contributed by atoms with Gasteiger partial charge in [0.25, 0.3) is 0 Å². The fraction of sp³-hybridized carbons (Fsp3) is 0.400. The molecule has 0 fully saturated rings. The molecule has 1 heterocycles. The molecule has 1 N–H and O–H groups in total. The molecule has 2 rings (SSSR count). The van der Waals surface area contributed by atoms with Gasteiger partial charge in [-0.15, -0.1) is 0 Å². The Morgan fingerprint density at radius 2 is 2.04 bits per heavy atom. The Hall–Kier alpha value is -3.25. The number of nitrogens with zero attached hydrogens (tertiary/aromatic N) is 3. The molecule has 0 aliphatic carbocycles. The first-order chi connectivity index (χ1) is 13.6. The van der Waals surface area contributed by atoms with E-state index < -0.39 is 5.97 Å². The molecule has 0 saturated heterocycles. The van der Waals surface area contributed by atoms with E-state index in [1.807, 2.05) is 6.08 Å². The fourth-order valence-electron chi connectivity index (χ4n) is 2.62. The summed E-state index contributed by atoms with van der Waals surface area (Å²) < 4.78 is 10.8. The zero-order chi connectivity index (χ0) is 20.2. The van der Waals surface area contributed by atoms with Crippen LogP contribution in [-0.2, 0) is 9.53 Å². The van der Waals surface area contributed by atoms with Crippen LogP contribution in [-0.4, -0.2) is 36.6 Å². The molecular weight excluding hydrogens is 362 g/mol. The molecular formula is C20H23N3O5. The molecule has 1 aliphatic heterocycles. The maximum Gasteiger partial charge on any atom is 0.342 e. The van der Waals surface area contributed by atoms with Crippen LogP contribution in [0.2, 0.25) is 0 Å². The molecule has 28 heavy (non-hydrogen) atoms. The fourth-order valence-corrected chi connectivity index (χ4v) is 2.62. The Bertz CT molecular complexity index is 810. The number of phenolic OH excluding ortho intramolecular Hbond substituents is 1. The van der Waals surface area contributed by atoms with Crippen LogP contribution >= 0.6 is 0 Å². The number of carbonyl (C=O) groups is 2. The largest absolute Gasteiger partial charge is 0.507 e. The molecule has 1 aliphatic rings. The summed E-state index contributed by atoms with van der Waals surface area (Å²) in [6, 6.07) is 3.01. The van der Waals surface area contributed by atoms with Crippen molar-refractivity contribution in [2.75, 3.05) is 19.8 Å². The van der Waals surface area contributed by atoms with E-state index in [1.165, 1.54) is 12.1 Å². The first kappa shape index (κ1) is 21.1. The second-order valence-corrected chi connectivity index (χ2v) is 6.15. The first-order valence-electron chi connectivity index (χ1n) is 9.15. The molecule has 0 bridgehead atoms. The highest BCUT2D eigenvalue weighted by Gasteiger charge is 2.18. The number of phenols is 1. The van der Waals surface area contributed by atoms with E-state index in [1.54, 1.807) is 18.2 Å². The SMILES string of the molecule is [N-]=[N+]=NCCCOc1cc(O)c2c(c1)/C=C/CCCC(=O)/C=C\CCOC2=O. The summed E-state index contributed by atoms with van der Waals surface area (Å²) >= 11 is 0. The second kappa shape index (κ2) is 11.5. The number of hydrogen-bond donors (Lipinski definition) is 1. The third kappa shape index (κ3) is 6.81. The van der Waals surface area contributed by atoms with Gasteiger partial charge in [-0.1, -0.05) is 23.3 Å². The summed E-state index contributed by atoms with van der Waals surface area (Å²) in [5.74, 6) is -0.418. The van der Waals surface area contributed by atoms with E-state index in [-0.39, 0.29) is 23.7 Å². The first-order valence-corrected chi connectivity index (χ1v) is 9.15. The van der Waals surface area contributed by atoms with Gasteiger partial charge in [0.2, 0.25) is 0 Å². The van der Waals surface area contributed by atoms with Crippen LogP contribution < -0.4 is 4.74 Å². The number of carbonyl (C=O) groups excluding carboxylic acids is 2. The topological polar surface area (TPSA) is 122 Å². The highest BCUT2D eigenvalue weighted by molar-refractivity contribution is 5.97. The van der Waals surface area contributed by atoms with Crippen molar-refractivity contribution in [2.45, 2.75) is 32.1 Å². The molecule has 0 unspecified atom stereocenters. The number of hydrogen-bond acceptors (Lipinski definition) is 6. The Kier molecular flexibility index (Phi) is 8.62. The van der Waals surface area contributed by atoms with Crippen LogP contribution in [0.5, 0.6) is 11.5 Å². The summed E-state index contributed by atoms with van der Waals surface area (Å²) in [7, 11) is 0. The lowest BCUT2D eigenvalue weighted by molar-refractivity contribution is -0.114. The van der Waals surface area contributed by atoms with Crippen molar-refractivity contribution in [3.63, 3.8) is 0 Å². The maximum atomic E-state index is 12.4. The van der Waals surface area contributed by atoms with E-state index in [0.29, 0.717) is 56.6 Å². The Morgan fingerprint density at radius 1 is 1.21 bits per heavy atom. The van der Waals surface area contributed by atoms with Gasteiger partial charge in [0.15, 0.2) is 5.78 Å². The van der Waals surface area contributed by atoms with Crippen LogP contribution in [0.1, 0.15) is 48.0 Å². The predicted octanol–water partition coefficient (Wildman–Crippen LogP) is 4.34. The molecule has 1 aromatic rings. The minimum absolute atomic E-state index is 0.0475. The molecule has 0 amide bonds. The third-order valence-electron chi connectivity index (χ3n) is 3.97. The number of ketones is 1. The van der Waals surface area contributed by atoms with Crippen molar-refractivity contribution in [2.24, 2.45) is 5.11 Å². The van der Waals surface area contributed by atoms with Gasteiger partial charge < -0.3 is 14.6 Å². The van der Waals surface area contributed by atoms with Gasteiger partial charge in [-0.2, -0.15) is 0 Å². The minimum Gasteiger partial charge on any atom is -0.507 e. The number of cyclic esters (lactones) is 1. The third-order valence-corrected chi connectivity index (χ3v) is 3.97. The Labute approximate surface area is 163 Å². The van der Waals surface area contributed by atoms with Crippen LogP contribution in [0.3, 0.4) is 0 Å². The van der Waals surface area contributed by atoms with Gasteiger partial charge in [0.05, 0.1) is 13.2 Å². The summed E-state index contributed by atoms with van der Waals surface area (Å²) in [5.41, 5.74) is 8.82. The highest BCUT2D eigenvalue weighted by atomic mass is 16.5. The average Bonchev–Trinajstić information content (AvgIpc) is 2.66. The van der Waals surface area contributed by atoms with Crippen LogP contribution in [0.4, 0.5) is 0 Å². The maximum absolute atomic E-state index is 12.4. The summed E-state index contributed by atoms with van der Waals surface area (Å²) in [6.45, 7) is 0.732. The molecule has 0 atom stereocenters. The lowest BCUT2D eigenvalue weighted by atomic mass is 10.0. The highest BCUT2D eigenvalue weighted by Crippen LogP contribution is 2.30. The number of esters is 1. The second-order valence-electron chi connectivity index (χ2n) is 6.15. The zero-order valence-electron chi connectivity index (χ0n) is 15.5. The summed E-state index contributed by atoms with van der Waals surface area (Å²) in [4.78, 5) is 26.8. The van der Waals surface area contributed by atoms with Crippen molar-refractivity contribution in [1.82, 2.24) is 0 Å². The van der Waals surface area contributed by atoms with Crippen molar-refractivity contribution in [3.05, 3.63) is 51.9 Å². The van der Waals surface area contributed by atoms with Crippen molar-refractivity contribution >= 4 is 17.8 Å². The number of rotatable bonds is 5. The van der Waals surface area contributed by atoms with E-state index in [4.69, 9.17) is 15.0 Å². The zero-order valence-corrected chi connectivity index (χ0v) is 15.5. The van der Waals surface area contributed by atoms with E-state index >= 15 is 0 Å². The molecule has 8 nitrogen and oxygen atoms in total. The van der Waals surface area contributed by atoms with Gasteiger partial charge in [-0.25, -0.2) is 4.79 Å². The average molecular weight is 385 g/mol. The number of allylic oxidation sites excluding steroid dienone is 2. The van der Waals surface area contributed by atoms with E-state index in [2.05, 4.69) is 10.0 Å². The van der Waals surface area contributed by atoms with Crippen LogP contribution in [0.25, 0.3) is 16.5 Å². The Balaban J connectivity index is 2.20. The number of aromatic hydroxyl groups is 1. The standard InChI is InChI=1S/C20H23N3O5/c21-23-22-10-6-12-27-17-13-15-7-2-1-3-8-16(24)9-4-5-11-28-20(26)19(15)18(25)14-17/h2,4,7,9,13-14,25H,1,3,5-6,8,10-12H2/b7-2+,9-4-. The minimum atomic E-state index is -0.635. The quantitative estimate of drug-likeness (QED) is 0.266. The van der Waals surface area contributed by atoms with E-state index in [0.717, 1.165) is 0 Å². The van der Waals surface area contributed by atoms with Crippen molar-refractivity contribution in [1.29, 1.82) is 0 Å². The number of azide groups is 1. The molecule has 0 radical (unpaired) electrons. The van der Waals surface area contributed by atoms with Crippen LogP contribution in [0.15, 0.2) is 35.5 Å². The normalized spacial score (nSPS) is 17.4. The van der Waals surface area contributed by atoms with Crippen LogP contribution in [0, 0.1) is 0 Å². The Morgan fingerprint density at radius 3 is 2.86 bits per heavy atom. The summed E-state index contributed by atoms with van der Waals surface area (Å²) in [6.07, 6.45) is 9.53. The number of benzene rings is 1. The van der Waals surface area contributed by atoms with Gasteiger partial charge in [0.1, 0.15) is 17.1 Å². The lowest BCUT2D eigenvalue weighted by Gasteiger charge is -2.12. The monoisotopic (exact) mass is 385 g/mol. The smallest absolute Gasteiger partial charge is 0.342 e. The molecule has 1 aromatic carbocycles. The molecule has 8 heteroatoms. The van der Waals surface area contributed by atoms with Gasteiger partial charge in [-0.3, -0.25) is 4.79 Å². The molecule has 148 valence electrons. The van der Waals surface area contributed by atoms with E-state index in [9.17, 15) is 14.7 Å². The lowest BCUT2D eigenvalue weighted by Crippen LogP contribution is -2.09. The number of fused-ring (bicyclic) bond motifs is 1. The number of ether oxygens (including phenoxy) is 2. The molecule has 0 aromatic heterocycles. The van der Waals surface area contributed by atoms with Gasteiger partial charge >= 0.3 is 5.97 Å². The predicted molar refractivity (Wildman–Crippen MR) is 104 cm³/mol. The van der Waals surface area contributed by atoms with Crippen molar-refractivity contribution < 1.29 is 24.2 Å². The molecule has 0 spiro atoms. The summed E-state index contributed by atoms with van der Waals surface area (Å²) in [5, 5.41) is 13.8. The van der Waals surface area contributed by atoms with Crippen molar-refractivity contribution in [3.8, 4) is 11.5 Å². The van der Waals surface area contributed by atoms with Gasteiger partial charge in [-0.05, 0) is 48.9 Å². The van der Waals surface area contributed by atoms with Gasteiger partial charge in [0, 0.05) is 23.9 Å².